The Morgan fingerprint density at radius 3 is 2.63 bits per heavy atom. The number of likely N-dealkylation sites (N-methyl/N-ethyl adjacent to an activating group) is 2. The Bertz CT molecular complexity index is 930. The molecule has 9 heteroatoms. The van der Waals surface area contributed by atoms with Crippen LogP contribution < -0.4 is 16.6 Å². The van der Waals surface area contributed by atoms with Crippen LogP contribution in [0.5, 0.6) is 0 Å². The number of amidine groups is 1. The molecular formula is C21H33ClN6O2. The van der Waals surface area contributed by atoms with E-state index in [0.29, 0.717) is 12.4 Å². The lowest BCUT2D eigenvalue weighted by Gasteiger charge is -2.27. The SMILES string of the molecule is CCN(CCNC/C(=N/c1cc(=O)n(C)c(=O)n1C)N(C)CC)C1=CC(Cl)CC=C1. The summed E-state index contributed by atoms with van der Waals surface area (Å²) in [4.78, 5) is 33.1. The number of alkyl halides is 1. The van der Waals surface area contributed by atoms with Gasteiger partial charge in [-0.2, -0.15) is 0 Å². The number of hydrogen-bond donors (Lipinski definition) is 1. The van der Waals surface area contributed by atoms with Gasteiger partial charge in [0.05, 0.1) is 11.9 Å². The van der Waals surface area contributed by atoms with Gasteiger partial charge in [-0.05, 0) is 32.4 Å². The molecule has 1 atom stereocenters. The summed E-state index contributed by atoms with van der Waals surface area (Å²) >= 11 is 6.25. The molecule has 8 nitrogen and oxygen atoms in total. The third-order valence-corrected chi connectivity index (χ3v) is 5.55. The van der Waals surface area contributed by atoms with Crippen LogP contribution in [-0.2, 0) is 14.1 Å². The van der Waals surface area contributed by atoms with E-state index in [1.807, 2.05) is 18.9 Å². The summed E-state index contributed by atoms with van der Waals surface area (Å²) in [7, 11) is 5.02. The second-order valence-electron chi connectivity index (χ2n) is 7.29. The van der Waals surface area contributed by atoms with Crippen LogP contribution in [-0.4, -0.2) is 69.9 Å². The van der Waals surface area contributed by atoms with Gasteiger partial charge in [0.25, 0.3) is 5.56 Å². The van der Waals surface area contributed by atoms with E-state index in [4.69, 9.17) is 11.6 Å². The van der Waals surface area contributed by atoms with Crippen LogP contribution in [0.15, 0.2) is 44.6 Å². The molecule has 1 heterocycles. The van der Waals surface area contributed by atoms with Gasteiger partial charge >= 0.3 is 5.69 Å². The number of aromatic nitrogens is 2. The van der Waals surface area contributed by atoms with Crippen molar-refractivity contribution >= 4 is 23.3 Å². The van der Waals surface area contributed by atoms with Crippen molar-refractivity contribution in [3.63, 3.8) is 0 Å². The standard InChI is InChI=1S/C21H33ClN6O2/c1-6-25(3)19(24-18-14-20(29)27(5)21(30)26(18)4)15-23-11-12-28(7-2)17-10-8-9-16(22)13-17/h8,10,13-14,16,23H,6-7,9,11-12,15H2,1-5H3/b24-19-. The highest BCUT2D eigenvalue weighted by atomic mass is 35.5. The van der Waals surface area contributed by atoms with E-state index in [-0.39, 0.29) is 10.9 Å². The average molecular weight is 437 g/mol. The summed E-state index contributed by atoms with van der Waals surface area (Å²) < 4.78 is 2.45. The Kier molecular flexibility index (Phi) is 8.92. The van der Waals surface area contributed by atoms with E-state index in [0.717, 1.165) is 48.7 Å². The van der Waals surface area contributed by atoms with Crippen LogP contribution in [0, 0.1) is 0 Å². The monoisotopic (exact) mass is 436 g/mol. The summed E-state index contributed by atoms with van der Waals surface area (Å²) in [6, 6.07) is 1.38. The van der Waals surface area contributed by atoms with E-state index in [9.17, 15) is 9.59 Å². The van der Waals surface area contributed by atoms with Crippen molar-refractivity contribution in [2.24, 2.45) is 19.1 Å². The zero-order valence-electron chi connectivity index (χ0n) is 18.6. The predicted molar refractivity (Wildman–Crippen MR) is 124 cm³/mol. The van der Waals surface area contributed by atoms with Gasteiger partial charge in [0.2, 0.25) is 0 Å². The summed E-state index contributed by atoms with van der Waals surface area (Å²) in [6.07, 6.45) is 7.20. The molecule has 1 aliphatic rings. The molecule has 0 spiro atoms. The number of halogens is 1. The fourth-order valence-electron chi connectivity index (χ4n) is 3.13. The summed E-state index contributed by atoms with van der Waals surface area (Å²) in [5, 5.41) is 3.48. The van der Waals surface area contributed by atoms with Crippen molar-refractivity contribution in [3.05, 3.63) is 50.8 Å². The Morgan fingerprint density at radius 2 is 2.00 bits per heavy atom. The molecular weight excluding hydrogens is 404 g/mol. The molecule has 0 saturated heterocycles. The van der Waals surface area contributed by atoms with E-state index in [1.165, 1.54) is 17.7 Å². The Labute approximate surface area is 183 Å². The number of allylic oxidation sites excluding steroid dienone is 3. The number of aliphatic imine (C=N–C) groups is 1. The van der Waals surface area contributed by atoms with Crippen molar-refractivity contribution in [1.29, 1.82) is 0 Å². The van der Waals surface area contributed by atoms with Crippen LogP contribution in [0.3, 0.4) is 0 Å². The molecule has 1 aliphatic carbocycles. The van der Waals surface area contributed by atoms with E-state index in [2.05, 4.69) is 40.4 Å². The van der Waals surface area contributed by atoms with Crippen LogP contribution in [0.4, 0.5) is 5.82 Å². The number of nitrogens with zero attached hydrogens (tertiary/aromatic N) is 5. The van der Waals surface area contributed by atoms with Crippen molar-refractivity contribution in [1.82, 2.24) is 24.3 Å². The first kappa shape index (κ1) is 24.0. The number of nitrogens with one attached hydrogen (secondary N) is 1. The summed E-state index contributed by atoms with van der Waals surface area (Å²) in [6.45, 7) is 7.94. The second-order valence-corrected chi connectivity index (χ2v) is 7.85. The smallest absolute Gasteiger partial charge is 0.332 e. The molecule has 166 valence electrons. The van der Waals surface area contributed by atoms with E-state index in [1.54, 1.807) is 7.05 Å². The number of rotatable bonds is 9. The fourth-order valence-corrected chi connectivity index (χ4v) is 3.36. The molecule has 0 amide bonds. The van der Waals surface area contributed by atoms with E-state index < -0.39 is 5.69 Å². The molecule has 0 aliphatic heterocycles. The quantitative estimate of drug-likeness (QED) is 0.274. The lowest BCUT2D eigenvalue weighted by Crippen LogP contribution is -2.40. The first-order valence-corrected chi connectivity index (χ1v) is 10.8. The fraction of sp³-hybridized carbons (Fsp3) is 0.571. The molecule has 0 bridgehead atoms. The zero-order chi connectivity index (χ0) is 22.3. The molecule has 0 radical (unpaired) electrons. The van der Waals surface area contributed by atoms with Gasteiger partial charge in [-0.3, -0.25) is 13.9 Å². The highest BCUT2D eigenvalue weighted by Gasteiger charge is 2.12. The largest absolute Gasteiger partial charge is 0.371 e. The molecule has 0 saturated carbocycles. The van der Waals surface area contributed by atoms with Gasteiger partial charge in [0, 0.05) is 59.1 Å². The Morgan fingerprint density at radius 1 is 1.27 bits per heavy atom. The minimum absolute atomic E-state index is 0.0502. The maximum atomic E-state index is 12.2. The van der Waals surface area contributed by atoms with E-state index >= 15 is 0 Å². The van der Waals surface area contributed by atoms with Crippen molar-refractivity contribution in [2.75, 3.05) is 39.8 Å². The Hall–Kier alpha value is -2.32. The highest BCUT2D eigenvalue weighted by Crippen LogP contribution is 2.18. The molecule has 1 aromatic heterocycles. The maximum Gasteiger partial charge on any atom is 0.332 e. The average Bonchev–Trinajstić information content (AvgIpc) is 2.74. The first-order chi connectivity index (χ1) is 14.3. The zero-order valence-corrected chi connectivity index (χ0v) is 19.3. The number of hydrogen-bond acceptors (Lipinski definition) is 5. The minimum atomic E-state index is -0.391. The van der Waals surface area contributed by atoms with Gasteiger partial charge < -0.3 is 15.1 Å². The highest BCUT2D eigenvalue weighted by molar-refractivity contribution is 6.22. The van der Waals surface area contributed by atoms with Gasteiger partial charge in [-0.1, -0.05) is 6.08 Å². The maximum absolute atomic E-state index is 12.2. The normalized spacial score (nSPS) is 16.5. The first-order valence-electron chi connectivity index (χ1n) is 10.3. The molecule has 30 heavy (non-hydrogen) atoms. The lowest BCUT2D eigenvalue weighted by molar-refractivity contribution is 0.368. The van der Waals surface area contributed by atoms with Gasteiger partial charge in [0.15, 0.2) is 0 Å². The van der Waals surface area contributed by atoms with Gasteiger partial charge in [-0.25, -0.2) is 9.79 Å². The molecule has 2 rings (SSSR count). The van der Waals surface area contributed by atoms with Crippen LogP contribution in [0.1, 0.15) is 20.3 Å². The molecule has 1 aromatic rings. The summed E-state index contributed by atoms with van der Waals surface area (Å²) in [5.41, 5.74) is 0.395. The van der Waals surface area contributed by atoms with Crippen LogP contribution in [0.25, 0.3) is 0 Å². The minimum Gasteiger partial charge on any atom is -0.371 e. The topological polar surface area (TPSA) is 74.9 Å². The molecule has 1 N–H and O–H groups in total. The van der Waals surface area contributed by atoms with Crippen LogP contribution >= 0.6 is 11.6 Å². The van der Waals surface area contributed by atoms with Gasteiger partial charge in [-0.15, -0.1) is 11.6 Å². The predicted octanol–water partition coefficient (Wildman–Crippen LogP) is 1.43. The third kappa shape index (κ3) is 6.09. The van der Waals surface area contributed by atoms with Crippen LogP contribution in [0.2, 0.25) is 0 Å². The molecule has 1 unspecified atom stereocenters. The third-order valence-electron chi connectivity index (χ3n) is 5.25. The van der Waals surface area contributed by atoms with Crippen molar-refractivity contribution < 1.29 is 0 Å². The van der Waals surface area contributed by atoms with Gasteiger partial charge in [0.1, 0.15) is 11.7 Å². The van der Waals surface area contributed by atoms with Crippen molar-refractivity contribution in [2.45, 2.75) is 25.6 Å². The molecule has 0 fully saturated rings. The van der Waals surface area contributed by atoms with Crippen molar-refractivity contribution in [3.8, 4) is 0 Å². The molecule has 0 aromatic carbocycles. The second kappa shape index (κ2) is 11.2. The summed E-state index contributed by atoms with van der Waals surface area (Å²) in [5.74, 6) is 1.11. The lowest BCUT2D eigenvalue weighted by atomic mass is 10.1. The Balaban J connectivity index is 2.08.